The number of nitrogens with zero attached hydrogens (tertiary/aromatic N) is 1. The van der Waals surface area contributed by atoms with Crippen LogP contribution >= 0.6 is 0 Å². The van der Waals surface area contributed by atoms with Crippen molar-refractivity contribution < 1.29 is 9.21 Å². The van der Waals surface area contributed by atoms with Crippen molar-refractivity contribution in [3.05, 3.63) is 35.4 Å². The standard InChI is InChI=1S/C14H17N3O2/c1-3-11-8(2)13(17-16-11)15-14(18)10-7-9(10)12-5-4-6-19-12/h4-6,9-10H,3,7H2,1-2H3,(H2,15,16,17,18)/t9-,10+/m1/s1. The predicted octanol–water partition coefficient (Wildman–Crippen LogP) is 2.62. The number of anilines is 1. The molecule has 0 saturated heterocycles. The maximum Gasteiger partial charge on any atom is 0.229 e. The number of amides is 1. The molecule has 1 saturated carbocycles. The van der Waals surface area contributed by atoms with Crippen LogP contribution in [0.5, 0.6) is 0 Å². The molecule has 3 rings (SSSR count). The number of furan rings is 1. The first kappa shape index (κ1) is 12.0. The number of carbonyl (C=O) groups is 1. The normalized spacial score (nSPS) is 21.4. The molecular weight excluding hydrogens is 242 g/mol. The third-order valence-corrected chi connectivity index (χ3v) is 3.74. The molecule has 0 bridgehead atoms. The number of aryl methyl sites for hydroxylation is 1. The molecule has 0 radical (unpaired) electrons. The zero-order valence-corrected chi connectivity index (χ0v) is 11.1. The first-order valence-electron chi connectivity index (χ1n) is 6.58. The molecule has 0 aromatic carbocycles. The third kappa shape index (κ3) is 2.16. The molecule has 2 atom stereocenters. The molecular formula is C14H17N3O2. The molecule has 5 heteroatoms. The maximum atomic E-state index is 12.1. The van der Waals surface area contributed by atoms with Crippen molar-refractivity contribution in [2.75, 3.05) is 5.32 Å². The topological polar surface area (TPSA) is 70.9 Å². The number of hydrogen-bond acceptors (Lipinski definition) is 3. The van der Waals surface area contributed by atoms with Gasteiger partial charge in [-0.25, -0.2) is 0 Å². The Balaban J connectivity index is 1.65. The molecule has 5 nitrogen and oxygen atoms in total. The van der Waals surface area contributed by atoms with E-state index < -0.39 is 0 Å². The molecule has 1 fully saturated rings. The van der Waals surface area contributed by atoms with Gasteiger partial charge in [0.2, 0.25) is 5.91 Å². The summed E-state index contributed by atoms with van der Waals surface area (Å²) in [5.74, 6) is 1.80. The molecule has 2 heterocycles. The van der Waals surface area contributed by atoms with E-state index in [9.17, 15) is 4.79 Å². The van der Waals surface area contributed by atoms with Crippen molar-refractivity contribution in [3.63, 3.8) is 0 Å². The highest BCUT2D eigenvalue weighted by molar-refractivity contribution is 5.95. The van der Waals surface area contributed by atoms with Crippen molar-refractivity contribution in [1.82, 2.24) is 10.2 Å². The van der Waals surface area contributed by atoms with Crippen LogP contribution in [0.4, 0.5) is 5.82 Å². The minimum atomic E-state index is 0.00678. The van der Waals surface area contributed by atoms with Gasteiger partial charge in [0.05, 0.1) is 6.26 Å². The lowest BCUT2D eigenvalue weighted by atomic mass is 10.2. The van der Waals surface area contributed by atoms with Crippen LogP contribution < -0.4 is 5.32 Å². The summed E-state index contributed by atoms with van der Waals surface area (Å²) in [5.41, 5.74) is 2.08. The van der Waals surface area contributed by atoms with Crippen molar-refractivity contribution in [3.8, 4) is 0 Å². The Bertz CT molecular complexity index is 586. The lowest BCUT2D eigenvalue weighted by Crippen LogP contribution is -2.15. The predicted molar refractivity (Wildman–Crippen MR) is 70.9 cm³/mol. The molecule has 0 spiro atoms. The minimum absolute atomic E-state index is 0.00678. The molecule has 19 heavy (non-hydrogen) atoms. The number of hydrogen-bond donors (Lipinski definition) is 2. The van der Waals surface area contributed by atoms with Crippen LogP contribution in [0.15, 0.2) is 22.8 Å². The minimum Gasteiger partial charge on any atom is -0.469 e. The van der Waals surface area contributed by atoms with Gasteiger partial charge in [0.15, 0.2) is 5.82 Å². The number of aromatic amines is 1. The lowest BCUT2D eigenvalue weighted by Gasteiger charge is -2.02. The monoisotopic (exact) mass is 259 g/mol. The first-order valence-corrected chi connectivity index (χ1v) is 6.58. The average molecular weight is 259 g/mol. The van der Waals surface area contributed by atoms with E-state index in [0.29, 0.717) is 5.82 Å². The van der Waals surface area contributed by atoms with Crippen molar-refractivity contribution in [2.24, 2.45) is 5.92 Å². The summed E-state index contributed by atoms with van der Waals surface area (Å²) in [4.78, 5) is 12.1. The summed E-state index contributed by atoms with van der Waals surface area (Å²) in [6.07, 6.45) is 3.38. The first-order chi connectivity index (χ1) is 9.20. The highest BCUT2D eigenvalue weighted by Gasteiger charge is 2.46. The Morgan fingerprint density at radius 1 is 1.63 bits per heavy atom. The maximum absolute atomic E-state index is 12.1. The van der Waals surface area contributed by atoms with E-state index in [1.54, 1.807) is 6.26 Å². The summed E-state index contributed by atoms with van der Waals surface area (Å²) in [5, 5.41) is 9.98. The Labute approximate surface area is 111 Å². The van der Waals surface area contributed by atoms with Gasteiger partial charge in [-0.05, 0) is 31.9 Å². The van der Waals surface area contributed by atoms with Gasteiger partial charge in [0.25, 0.3) is 0 Å². The molecule has 1 amide bonds. The zero-order chi connectivity index (χ0) is 13.4. The van der Waals surface area contributed by atoms with Crippen molar-refractivity contribution >= 4 is 11.7 Å². The summed E-state index contributed by atoms with van der Waals surface area (Å²) < 4.78 is 5.33. The van der Waals surface area contributed by atoms with E-state index in [4.69, 9.17) is 4.42 Å². The SMILES string of the molecule is CCc1[nH]nc(NC(=O)[C@H]2C[C@H]2c2ccco2)c1C. The third-order valence-electron chi connectivity index (χ3n) is 3.74. The Hall–Kier alpha value is -2.04. The summed E-state index contributed by atoms with van der Waals surface area (Å²) in [6, 6.07) is 3.78. The van der Waals surface area contributed by atoms with Gasteiger partial charge in [0.1, 0.15) is 5.76 Å². The fourth-order valence-electron chi connectivity index (χ4n) is 2.41. The largest absolute Gasteiger partial charge is 0.469 e. The van der Waals surface area contributed by atoms with Gasteiger partial charge >= 0.3 is 0 Å². The van der Waals surface area contributed by atoms with E-state index in [1.165, 1.54) is 0 Å². The van der Waals surface area contributed by atoms with Crippen LogP contribution in [0, 0.1) is 12.8 Å². The number of nitrogens with one attached hydrogen (secondary N) is 2. The molecule has 1 aliphatic rings. The van der Waals surface area contributed by atoms with Gasteiger partial charge in [-0.3, -0.25) is 9.89 Å². The highest BCUT2D eigenvalue weighted by Crippen LogP contribution is 2.48. The number of rotatable bonds is 4. The average Bonchev–Trinajstić information content (AvgIpc) is 2.87. The molecule has 2 aromatic rings. The molecule has 0 unspecified atom stereocenters. The van der Waals surface area contributed by atoms with E-state index >= 15 is 0 Å². The van der Waals surface area contributed by atoms with E-state index in [0.717, 1.165) is 29.9 Å². The lowest BCUT2D eigenvalue weighted by molar-refractivity contribution is -0.117. The fourth-order valence-corrected chi connectivity index (χ4v) is 2.41. The molecule has 2 aromatic heterocycles. The fraction of sp³-hybridized carbons (Fsp3) is 0.429. The summed E-state index contributed by atoms with van der Waals surface area (Å²) in [6.45, 7) is 4.02. The van der Waals surface area contributed by atoms with Crippen LogP contribution in [-0.2, 0) is 11.2 Å². The molecule has 0 aliphatic heterocycles. The van der Waals surface area contributed by atoms with Gasteiger partial charge in [-0.15, -0.1) is 0 Å². The van der Waals surface area contributed by atoms with Crippen LogP contribution in [-0.4, -0.2) is 16.1 Å². The Kier molecular flexibility index (Phi) is 2.89. The quantitative estimate of drug-likeness (QED) is 0.886. The van der Waals surface area contributed by atoms with E-state index in [2.05, 4.69) is 22.4 Å². The number of carbonyl (C=O) groups excluding carboxylic acids is 1. The smallest absolute Gasteiger partial charge is 0.229 e. The zero-order valence-electron chi connectivity index (χ0n) is 11.1. The van der Waals surface area contributed by atoms with E-state index in [-0.39, 0.29) is 17.7 Å². The van der Waals surface area contributed by atoms with E-state index in [1.807, 2.05) is 19.1 Å². The second kappa shape index (κ2) is 4.57. The second-order valence-electron chi connectivity index (χ2n) is 4.98. The summed E-state index contributed by atoms with van der Waals surface area (Å²) in [7, 11) is 0. The van der Waals surface area contributed by atoms with Crippen LogP contribution in [0.25, 0.3) is 0 Å². The Morgan fingerprint density at radius 2 is 2.47 bits per heavy atom. The van der Waals surface area contributed by atoms with Gasteiger partial charge in [0, 0.05) is 23.1 Å². The Morgan fingerprint density at radius 3 is 3.11 bits per heavy atom. The second-order valence-corrected chi connectivity index (χ2v) is 4.98. The summed E-state index contributed by atoms with van der Waals surface area (Å²) >= 11 is 0. The van der Waals surface area contributed by atoms with Crippen molar-refractivity contribution in [2.45, 2.75) is 32.6 Å². The number of aromatic nitrogens is 2. The van der Waals surface area contributed by atoms with Crippen LogP contribution in [0.1, 0.15) is 36.3 Å². The number of H-pyrrole nitrogens is 1. The van der Waals surface area contributed by atoms with Crippen LogP contribution in [0.2, 0.25) is 0 Å². The van der Waals surface area contributed by atoms with Crippen molar-refractivity contribution in [1.29, 1.82) is 0 Å². The highest BCUT2D eigenvalue weighted by atomic mass is 16.3. The molecule has 100 valence electrons. The van der Waals surface area contributed by atoms with Crippen LogP contribution in [0.3, 0.4) is 0 Å². The molecule has 2 N–H and O–H groups in total. The van der Waals surface area contributed by atoms with Gasteiger partial charge in [-0.2, -0.15) is 5.10 Å². The van der Waals surface area contributed by atoms with Gasteiger partial charge in [-0.1, -0.05) is 6.92 Å². The van der Waals surface area contributed by atoms with Gasteiger partial charge < -0.3 is 9.73 Å². The molecule has 1 aliphatic carbocycles.